The Morgan fingerprint density at radius 2 is 2.17 bits per heavy atom. The Hall–Kier alpha value is -1.48. The number of halogens is 2. The van der Waals surface area contributed by atoms with Crippen LogP contribution in [0.2, 0.25) is 0 Å². The summed E-state index contributed by atoms with van der Waals surface area (Å²) in [5, 5.41) is 7.04. The number of carbonyl (C=O) groups is 1. The molecule has 3 N–H and O–H groups in total. The number of hydrogen-bond donors (Lipinski definition) is 2. The predicted octanol–water partition coefficient (Wildman–Crippen LogP) is -0.228. The van der Waals surface area contributed by atoms with Crippen LogP contribution in [0.1, 0.15) is 10.5 Å². The molecule has 1 aromatic heterocycles. The second kappa shape index (κ2) is 5.91. The van der Waals surface area contributed by atoms with Crippen LogP contribution in [0.5, 0.6) is 0 Å². The van der Waals surface area contributed by atoms with Crippen molar-refractivity contribution in [2.24, 2.45) is 5.14 Å². The maximum absolute atomic E-state index is 12.2. The normalized spacial score (nSPS) is 11.8. The highest BCUT2D eigenvalue weighted by Crippen LogP contribution is 2.06. The Kier molecular flexibility index (Phi) is 4.79. The molecule has 1 rings (SSSR count). The molecule has 0 aromatic carbocycles. The monoisotopic (exact) mass is 281 g/mol. The number of sulfonamides is 1. The third-order valence-corrected chi connectivity index (χ3v) is 2.84. The highest BCUT2D eigenvalue weighted by molar-refractivity contribution is 7.89. The standard InChI is InChI=1S/C9H13F2N3O3S/c10-8(11)6-14-4-1-2-7(14)9(15)13-3-5-18(12,16)17/h1-2,4,8H,3,5-6H2,(H,13,15)(H2,12,16,17). The Labute approximate surface area is 103 Å². The van der Waals surface area contributed by atoms with Crippen LogP contribution in [-0.4, -0.2) is 37.6 Å². The van der Waals surface area contributed by atoms with E-state index in [9.17, 15) is 22.0 Å². The minimum absolute atomic E-state index is 0.0460. The molecule has 0 unspecified atom stereocenters. The second-order valence-electron chi connectivity index (χ2n) is 3.56. The van der Waals surface area contributed by atoms with Crippen LogP contribution < -0.4 is 10.5 Å². The minimum atomic E-state index is -3.66. The summed E-state index contributed by atoms with van der Waals surface area (Å²) >= 11 is 0. The number of primary sulfonamides is 1. The van der Waals surface area contributed by atoms with Gasteiger partial charge in [0.2, 0.25) is 10.0 Å². The summed E-state index contributed by atoms with van der Waals surface area (Å²) in [6.45, 7) is -0.761. The fourth-order valence-electron chi connectivity index (χ4n) is 1.33. The van der Waals surface area contributed by atoms with Crippen molar-refractivity contribution in [3.8, 4) is 0 Å². The minimum Gasteiger partial charge on any atom is -0.350 e. The molecule has 0 bridgehead atoms. The predicted molar refractivity (Wildman–Crippen MR) is 60.7 cm³/mol. The van der Waals surface area contributed by atoms with E-state index in [1.54, 1.807) is 0 Å². The van der Waals surface area contributed by atoms with Gasteiger partial charge < -0.3 is 9.88 Å². The first-order valence-corrected chi connectivity index (χ1v) is 6.73. The zero-order valence-corrected chi connectivity index (χ0v) is 10.2. The van der Waals surface area contributed by atoms with Gasteiger partial charge in [-0.25, -0.2) is 22.3 Å². The highest BCUT2D eigenvalue weighted by atomic mass is 32.2. The van der Waals surface area contributed by atoms with E-state index >= 15 is 0 Å². The van der Waals surface area contributed by atoms with Gasteiger partial charge in [-0.15, -0.1) is 0 Å². The van der Waals surface area contributed by atoms with E-state index in [2.05, 4.69) is 5.32 Å². The lowest BCUT2D eigenvalue weighted by Gasteiger charge is -2.08. The molecule has 0 aliphatic carbocycles. The first-order valence-electron chi connectivity index (χ1n) is 5.01. The van der Waals surface area contributed by atoms with E-state index in [1.165, 1.54) is 18.3 Å². The Balaban J connectivity index is 2.59. The number of nitrogens with two attached hydrogens (primary N) is 1. The van der Waals surface area contributed by atoms with E-state index in [0.717, 1.165) is 4.57 Å². The quantitative estimate of drug-likeness (QED) is 0.754. The number of hydrogen-bond acceptors (Lipinski definition) is 3. The van der Waals surface area contributed by atoms with Crippen LogP contribution in [0, 0.1) is 0 Å². The number of aromatic nitrogens is 1. The fraction of sp³-hybridized carbons (Fsp3) is 0.444. The number of amides is 1. The van der Waals surface area contributed by atoms with Crippen molar-refractivity contribution in [3.05, 3.63) is 24.0 Å². The SMILES string of the molecule is NS(=O)(=O)CCNC(=O)c1cccn1CC(F)F. The summed E-state index contributed by atoms with van der Waals surface area (Å²) in [4.78, 5) is 11.6. The summed E-state index contributed by atoms with van der Waals surface area (Å²) in [7, 11) is -3.66. The largest absolute Gasteiger partial charge is 0.350 e. The van der Waals surface area contributed by atoms with Gasteiger partial charge in [0.1, 0.15) is 5.69 Å². The van der Waals surface area contributed by atoms with Crippen molar-refractivity contribution in [1.82, 2.24) is 9.88 Å². The van der Waals surface area contributed by atoms with Gasteiger partial charge in [0.15, 0.2) is 0 Å². The van der Waals surface area contributed by atoms with Crippen molar-refractivity contribution in [3.63, 3.8) is 0 Å². The molecule has 0 radical (unpaired) electrons. The molecular weight excluding hydrogens is 268 g/mol. The van der Waals surface area contributed by atoms with Crippen molar-refractivity contribution in [1.29, 1.82) is 0 Å². The van der Waals surface area contributed by atoms with Crippen LogP contribution in [0.3, 0.4) is 0 Å². The zero-order chi connectivity index (χ0) is 13.8. The second-order valence-corrected chi connectivity index (χ2v) is 5.29. The van der Waals surface area contributed by atoms with E-state index < -0.39 is 34.7 Å². The van der Waals surface area contributed by atoms with Gasteiger partial charge in [0.05, 0.1) is 12.3 Å². The Bertz CT molecular complexity index is 513. The number of alkyl halides is 2. The van der Waals surface area contributed by atoms with Gasteiger partial charge in [0.25, 0.3) is 12.3 Å². The molecule has 0 aliphatic rings. The van der Waals surface area contributed by atoms with Gasteiger partial charge in [-0.05, 0) is 12.1 Å². The molecule has 0 spiro atoms. The lowest BCUT2D eigenvalue weighted by molar-refractivity contribution is 0.0933. The van der Waals surface area contributed by atoms with E-state index in [0.29, 0.717) is 0 Å². The van der Waals surface area contributed by atoms with Crippen LogP contribution in [0.25, 0.3) is 0 Å². The van der Waals surface area contributed by atoms with Crippen LogP contribution in [0.4, 0.5) is 8.78 Å². The van der Waals surface area contributed by atoms with Gasteiger partial charge >= 0.3 is 0 Å². The topological polar surface area (TPSA) is 94.2 Å². The average molecular weight is 281 g/mol. The van der Waals surface area contributed by atoms with E-state index in [-0.39, 0.29) is 12.2 Å². The molecule has 102 valence electrons. The molecule has 0 aliphatic heterocycles. The van der Waals surface area contributed by atoms with Gasteiger partial charge in [-0.2, -0.15) is 0 Å². The molecule has 0 saturated heterocycles. The molecule has 0 atom stereocenters. The fourth-order valence-corrected chi connectivity index (χ4v) is 1.71. The van der Waals surface area contributed by atoms with E-state index in [1.807, 2.05) is 0 Å². The first kappa shape index (κ1) is 14.6. The molecule has 1 heterocycles. The van der Waals surface area contributed by atoms with Crippen molar-refractivity contribution >= 4 is 15.9 Å². The molecular formula is C9H13F2N3O3S. The number of rotatable bonds is 6. The highest BCUT2D eigenvalue weighted by Gasteiger charge is 2.14. The van der Waals surface area contributed by atoms with Crippen LogP contribution in [0.15, 0.2) is 18.3 Å². The van der Waals surface area contributed by atoms with Crippen LogP contribution >= 0.6 is 0 Å². The molecule has 1 aromatic rings. The first-order chi connectivity index (χ1) is 8.29. The lowest BCUT2D eigenvalue weighted by Crippen LogP contribution is -2.32. The maximum atomic E-state index is 12.2. The number of carbonyl (C=O) groups excluding carboxylic acids is 1. The summed E-state index contributed by atoms with van der Waals surface area (Å²) in [6, 6.07) is 2.83. The van der Waals surface area contributed by atoms with Gasteiger partial charge in [-0.3, -0.25) is 4.79 Å². The summed E-state index contributed by atoms with van der Waals surface area (Å²) < 4.78 is 46.8. The smallest absolute Gasteiger partial charge is 0.267 e. The van der Waals surface area contributed by atoms with E-state index in [4.69, 9.17) is 5.14 Å². The third kappa shape index (κ3) is 4.80. The molecule has 9 heteroatoms. The van der Waals surface area contributed by atoms with Gasteiger partial charge in [-0.1, -0.05) is 0 Å². The van der Waals surface area contributed by atoms with Crippen molar-refractivity contribution < 1.29 is 22.0 Å². The summed E-state index contributed by atoms with van der Waals surface area (Å²) in [5.74, 6) is -1.03. The summed E-state index contributed by atoms with van der Waals surface area (Å²) in [6.07, 6.45) is -1.23. The molecule has 0 fully saturated rings. The summed E-state index contributed by atoms with van der Waals surface area (Å²) in [5.41, 5.74) is 0.0460. The molecule has 18 heavy (non-hydrogen) atoms. The van der Waals surface area contributed by atoms with Crippen LogP contribution in [-0.2, 0) is 16.6 Å². The lowest BCUT2D eigenvalue weighted by atomic mass is 10.4. The molecule has 0 saturated carbocycles. The van der Waals surface area contributed by atoms with Crippen molar-refractivity contribution in [2.75, 3.05) is 12.3 Å². The maximum Gasteiger partial charge on any atom is 0.267 e. The number of nitrogens with one attached hydrogen (secondary N) is 1. The Morgan fingerprint density at radius 3 is 2.72 bits per heavy atom. The zero-order valence-electron chi connectivity index (χ0n) is 9.34. The third-order valence-electron chi connectivity index (χ3n) is 2.07. The average Bonchev–Trinajstić information content (AvgIpc) is 2.62. The van der Waals surface area contributed by atoms with Crippen molar-refractivity contribution in [2.45, 2.75) is 13.0 Å². The number of nitrogens with zero attached hydrogens (tertiary/aromatic N) is 1. The molecule has 1 amide bonds. The molecule has 6 nitrogen and oxygen atoms in total. The van der Waals surface area contributed by atoms with Gasteiger partial charge in [0, 0.05) is 12.7 Å². The Morgan fingerprint density at radius 1 is 1.50 bits per heavy atom.